The van der Waals surface area contributed by atoms with E-state index in [4.69, 9.17) is 4.98 Å². The lowest BCUT2D eigenvalue weighted by Gasteiger charge is -2.09. The summed E-state index contributed by atoms with van der Waals surface area (Å²) in [5.74, 6) is 0.617. The van der Waals surface area contributed by atoms with E-state index < -0.39 is 0 Å². The predicted octanol–water partition coefficient (Wildman–Crippen LogP) is 4.25. The van der Waals surface area contributed by atoms with E-state index in [9.17, 15) is 0 Å². The highest BCUT2D eigenvalue weighted by atomic mass is 79.9. The van der Waals surface area contributed by atoms with E-state index in [0.717, 1.165) is 26.6 Å². The Morgan fingerprint density at radius 3 is 2.59 bits per heavy atom. The van der Waals surface area contributed by atoms with Gasteiger partial charge in [0, 0.05) is 27.8 Å². The van der Waals surface area contributed by atoms with Crippen molar-refractivity contribution < 1.29 is 0 Å². The molecule has 4 nitrogen and oxygen atoms in total. The summed E-state index contributed by atoms with van der Waals surface area (Å²) in [7, 11) is 0. The first-order chi connectivity index (χ1) is 10.8. The van der Waals surface area contributed by atoms with E-state index in [2.05, 4.69) is 44.1 Å². The fourth-order valence-corrected chi connectivity index (χ4v) is 2.76. The van der Waals surface area contributed by atoms with Gasteiger partial charge in [0.1, 0.15) is 6.33 Å². The van der Waals surface area contributed by atoms with Gasteiger partial charge in [-0.3, -0.25) is 4.57 Å². The van der Waals surface area contributed by atoms with E-state index >= 15 is 0 Å². The summed E-state index contributed by atoms with van der Waals surface area (Å²) >= 11 is 3.53. The molecule has 2 aromatic carbocycles. The lowest BCUT2D eigenvalue weighted by Crippen LogP contribution is -2.01. The molecule has 22 heavy (non-hydrogen) atoms. The number of halogens is 1. The third-order valence-electron chi connectivity index (χ3n) is 3.43. The second-order valence-electron chi connectivity index (χ2n) is 4.87. The number of hydrogen-bond donors (Lipinski definition) is 0. The minimum atomic E-state index is 0.617. The van der Waals surface area contributed by atoms with E-state index in [1.807, 2.05) is 41.1 Å². The molecule has 0 saturated carbocycles. The lowest BCUT2D eigenvalue weighted by molar-refractivity contribution is 0.943. The topological polar surface area (TPSA) is 43.6 Å². The summed E-state index contributed by atoms with van der Waals surface area (Å²) < 4.78 is 2.82. The van der Waals surface area contributed by atoms with Gasteiger partial charge >= 0.3 is 0 Å². The van der Waals surface area contributed by atoms with E-state index in [1.54, 1.807) is 12.5 Å². The smallest absolute Gasteiger partial charge is 0.236 e. The molecule has 5 heteroatoms. The number of benzene rings is 2. The van der Waals surface area contributed by atoms with E-state index in [1.165, 1.54) is 0 Å². The van der Waals surface area contributed by atoms with E-state index in [0.29, 0.717) is 5.95 Å². The van der Waals surface area contributed by atoms with Crippen LogP contribution in [0.5, 0.6) is 0 Å². The molecule has 0 amide bonds. The largest absolute Gasteiger partial charge is 0.274 e. The number of rotatable bonds is 2. The van der Waals surface area contributed by atoms with Crippen molar-refractivity contribution in [1.82, 2.24) is 19.5 Å². The van der Waals surface area contributed by atoms with Gasteiger partial charge in [0.15, 0.2) is 0 Å². The third kappa shape index (κ3) is 2.29. The Kier molecular flexibility index (Phi) is 3.20. The summed E-state index contributed by atoms with van der Waals surface area (Å²) in [5.41, 5.74) is 2.88. The molecule has 4 rings (SSSR count). The number of nitrogens with zero attached hydrogens (tertiary/aromatic N) is 4. The van der Waals surface area contributed by atoms with Crippen LogP contribution in [0.15, 0.2) is 71.7 Å². The number of fused-ring (bicyclic) bond motifs is 1. The van der Waals surface area contributed by atoms with Gasteiger partial charge < -0.3 is 0 Å². The molecule has 0 N–H and O–H groups in total. The van der Waals surface area contributed by atoms with Crippen LogP contribution in [0.1, 0.15) is 0 Å². The zero-order valence-electron chi connectivity index (χ0n) is 11.5. The van der Waals surface area contributed by atoms with Crippen LogP contribution in [-0.4, -0.2) is 19.5 Å². The first-order valence-corrected chi connectivity index (χ1v) is 7.61. The summed E-state index contributed by atoms with van der Waals surface area (Å²) in [4.78, 5) is 13.5. The molecule has 0 aliphatic carbocycles. The number of aromatic nitrogens is 4. The van der Waals surface area contributed by atoms with Crippen molar-refractivity contribution in [1.29, 1.82) is 0 Å². The number of hydrogen-bond acceptors (Lipinski definition) is 3. The lowest BCUT2D eigenvalue weighted by atomic mass is 10.1. The molecule has 0 fully saturated rings. The first-order valence-electron chi connectivity index (χ1n) is 6.82. The Balaban J connectivity index is 2.05. The average molecular weight is 351 g/mol. The maximum absolute atomic E-state index is 4.75. The zero-order valence-corrected chi connectivity index (χ0v) is 13.1. The molecule has 0 bridgehead atoms. The molecule has 0 radical (unpaired) electrons. The Hall–Kier alpha value is -2.53. The SMILES string of the molecule is Brc1ccc2nc(-n3ccnc3)nc(-c3ccccc3)c2c1. The summed E-state index contributed by atoms with van der Waals surface area (Å²) in [6.07, 6.45) is 5.26. The van der Waals surface area contributed by atoms with Crippen LogP contribution in [0.3, 0.4) is 0 Å². The highest BCUT2D eigenvalue weighted by molar-refractivity contribution is 9.10. The molecule has 4 aromatic rings. The first kappa shape index (κ1) is 13.2. The second-order valence-corrected chi connectivity index (χ2v) is 5.79. The predicted molar refractivity (Wildman–Crippen MR) is 89.8 cm³/mol. The Morgan fingerprint density at radius 2 is 1.82 bits per heavy atom. The molecule has 0 saturated heterocycles. The molecule has 0 atom stereocenters. The summed E-state index contributed by atoms with van der Waals surface area (Å²) in [6.45, 7) is 0. The highest BCUT2D eigenvalue weighted by Crippen LogP contribution is 2.29. The van der Waals surface area contributed by atoms with Gasteiger partial charge in [-0.05, 0) is 18.2 Å². The minimum Gasteiger partial charge on any atom is -0.274 e. The van der Waals surface area contributed by atoms with Crippen LogP contribution in [0.25, 0.3) is 28.1 Å². The quantitative estimate of drug-likeness (QED) is 0.542. The van der Waals surface area contributed by atoms with Crippen molar-refractivity contribution in [2.24, 2.45) is 0 Å². The molecule has 2 heterocycles. The van der Waals surface area contributed by atoms with E-state index in [-0.39, 0.29) is 0 Å². The Labute approximate surface area is 135 Å². The van der Waals surface area contributed by atoms with Gasteiger partial charge in [-0.15, -0.1) is 0 Å². The second kappa shape index (κ2) is 5.35. The monoisotopic (exact) mass is 350 g/mol. The fourth-order valence-electron chi connectivity index (χ4n) is 2.40. The van der Waals surface area contributed by atoms with Crippen molar-refractivity contribution in [2.45, 2.75) is 0 Å². The molecule has 106 valence electrons. The maximum atomic E-state index is 4.75. The third-order valence-corrected chi connectivity index (χ3v) is 3.92. The Morgan fingerprint density at radius 1 is 0.955 bits per heavy atom. The van der Waals surface area contributed by atoms with Crippen LogP contribution < -0.4 is 0 Å². The molecular weight excluding hydrogens is 340 g/mol. The number of imidazole rings is 1. The fraction of sp³-hybridized carbons (Fsp3) is 0. The van der Waals surface area contributed by atoms with Crippen LogP contribution in [0.2, 0.25) is 0 Å². The van der Waals surface area contributed by atoms with Crippen molar-refractivity contribution >= 4 is 26.8 Å². The van der Waals surface area contributed by atoms with Gasteiger partial charge in [0.05, 0.1) is 11.2 Å². The Bertz CT molecular complexity index is 934. The van der Waals surface area contributed by atoms with Gasteiger partial charge in [0.25, 0.3) is 0 Å². The molecule has 0 unspecified atom stereocenters. The van der Waals surface area contributed by atoms with Gasteiger partial charge in [-0.1, -0.05) is 46.3 Å². The van der Waals surface area contributed by atoms with Crippen molar-refractivity contribution in [3.05, 3.63) is 71.7 Å². The van der Waals surface area contributed by atoms with Gasteiger partial charge in [-0.2, -0.15) is 0 Å². The maximum Gasteiger partial charge on any atom is 0.236 e. The van der Waals surface area contributed by atoms with Crippen LogP contribution in [-0.2, 0) is 0 Å². The van der Waals surface area contributed by atoms with Crippen LogP contribution in [0.4, 0.5) is 0 Å². The molecule has 2 aromatic heterocycles. The molecule has 0 spiro atoms. The summed E-state index contributed by atoms with van der Waals surface area (Å²) in [5, 5.41) is 1.02. The van der Waals surface area contributed by atoms with Gasteiger partial charge in [-0.25, -0.2) is 15.0 Å². The van der Waals surface area contributed by atoms with Crippen molar-refractivity contribution in [2.75, 3.05) is 0 Å². The van der Waals surface area contributed by atoms with Crippen LogP contribution in [0, 0.1) is 0 Å². The highest BCUT2D eigenvalue weighted by Gasteiger charge is 2.11. The van der Waals surface area contributed by atoms with Crippen molar-refractivity contribution in [3.63, 3.8) is 0 Å². The standard InChI is InChI=1S/C17H11BrN4/c18-13-6-7-15-14(10-13)16(12-4-2-1-3-5-12)21-17(20-15)22-9-8-19-11-22/h1-11H. The zero-order chi connectivity index (χ0) is 14.9. The van der Waals surface area contributed by atoms with Crippen molar-refractivity contribution in [3.8, 4) is 17.2 Å². The average Bonchev–Trinajstić information content (AvgIpc) is 3.09. The van der Waals surface area contributed by atoms with Gasteiger partial charge in [0.2, 0.25) is 5.95 Å². The molecular formula is C17H11BrN4. The molecule has 0 aliphatic rings. The summed E-state index contributed by atoms with van der Waals surface area (Å²) in [6, 6.07) is 16.2. The van der Waals surface area contributed by atoms with Crippen LogP contribution >= 0.6 is 15.9 Å². The normalized spacial score (nSPS) is 11.0. The minimum absolute atomic E-state index is 0.617. The molecule has 0 aliphatic heterocycles.